The van der Waals surface area contributed by atoms with Crippen molar-refractivity contribution in [3.05, 3.63) is 18.6 Å². The van der Waals surface area contributed by atoms with Crippen molar-refractivity contribution in [1.29, 1.82) is 0 Å². The third-order valence-corrected chi connectivity index (χ3v) is 1.16. The summed E-state index contributed by atoms with van der Waals surface area (Å²) in [6, 6.07) is 0. The Morgan fingerprint density at radius 1 is 1.18 bits per heavy atom. The van der Waals surface area contributed by atoms with E-state index in [2.05, 4.69) is 6.92 Å². The highest BCUT2D eigenvalue weighted by atomic mass is 19.4. The smallest absolute Gasteiger partial charge is 0.191 e. The van der Waals surface area contributed by atoms with Crippen LogP contribution in [0.15, 0.2) is 11.6 Å². The Bertz CT molecular complexity index is 164. The Labute approximate surface area is 60.7 Å². The second-order valence-electron chi connectivity index (χ2n) is 1.96. The summed E-state index contributed by atoms with van der Waals surface area (Å²) in [6.07, 6.45) is -5.03. The zero-order valence-electron chi connectivity index (χ0n) is 5.67. The fraction of sp³-hybridized carbons (Fsp3) is 0.500. The molecule has 0 spiro atoms. The van der Waals surface area contributed by atoms with Crippen molar-refractivity contribution < 1.29 is 22.0 Å². The maximum Gasteiger partial charge on any atom is 0.457 e. The SMILES string of the molecule is [CH2]C=C(C)C(F)(F)C(F)(F)F. The molecule has 0 fully saturated rings. The lowest BCUT2D eigenvalue weighted by Crippen LogP contribution is -2.37. The molecule has 11 heavy (non-hydrogen) atoms. The highest BCUT2D eigenvalue weighted by molar-refractivity contribution is 5.13. The summed E-state index contributed by atoms with van der Waals surface area (Å²) in [4.78, 5) is 0. The second kappa shape index (κ2) is 2.79. The summed E-state index contributed by atoms with van der Waals surface area (Å²) in [5.74, 6) is -4.76. The van der Waals surface area contributed by atoms with Gasteiger partial charge in [0.25, 0.3) is 0 Å². The molecule has 0 aromatic heterocycles. The van der Waals surface area contributed by atoms with Crippen LogP contribution >= 0.6 is 0 Å². The van der Waals surface area contributed by atoms with Gasteiger partial charge in [-0.25, -0.2) is 0 Å². The molecule has 0 atom stereocenters. The van der Waals surface area contributed by atoms with Gasteiger partial charge in [-0.15, -0.1) is 0 Å². The largest absolute Gasteiger partial charge is 0.457 e. The first-order valence-electron chi connectivity index (χ1n) is 2.64. The van der Waals surface area contributed by atoms with E-state index in [0.717, 1.165) is 0 Å². The Morgan fingerprint density at radius 3 is 1.64 bits per heavy atom. The van der Waals surface area contributed by atoms with E-state index < -0.39 is 17.7 Å². The molecule has 0 N–H and O–H groups in total. The van der Waals surface area contributed by atoms with Crippen molar-refractivity contribution in [3.8, 4) is 0 Å². The zero-order chi connectivity index (χ0) is 9.28. The molecule has 0 saturated carbocycles. The van der Waals surface area contributed by atoms with E-state index in [1.54, 1.807) is 0 Å². The van der Waals surface area contributed by atoms with Crippen LogP contribution in [-0.4, -0.2) is 12.1 Å². The van der Waals surface area contributed by atoms with Crippen LogP contribution in [0.25, 0.3) is 0 Å². The van der Waals surface area contributed by atoms with Gasteiger partial charge in [-0.2, -0.15) is 22.0 Å². The van der Waals surface area contributed by atoms with Crippen LogP contribution in [0.4, 0.5) is 22.0 Å². The van der Waals surface area contributed by atoms with Gasteiger partial charge in [0.05, 0.1) is 0 Å². The molecule has 65 valence electrons. The van der Waals surface area contributed by atoms with Gasteiger partial charge in [0, 0.05) is 5.57 Å². The van der Waals surface area contributed by atoms with Crippen LogP contribution in [0.2, 0.25) is 0 Å². The number of halogens is 5. The highest BCUT2D eigenvalue weighted by Crippen LogP contribution is 2.40. The van der Waals surface area contributed by atoms with E-state index in [-0.39, 0.29) is 0 Å². The summed E-state index contributed by atoms with van der Waals surface area (Å²) >= 11 is 0. The minimum Gasteiger partial charge on any atom is -0.191 e. The Morgan fingerprint density at radius 2 is 1.55 bits per heavy atom. The molecule has 5 heteroatoms. The third kappa shape index (κ3) is 1.91. The van der Waals surface area contributed by atoms with Crippen LogP contribution in [-0.2, 0) is 0 Å². The first kappa shape index (κ1) is 10.4. The van der Waals surface area contributed by atoms with Crippen LogP contribution in [0.3, 0.4) is 0 Å². The van der Waals surface area contributed by atoms with Gasteiger partial charge >= 0.3 is 12.1 Å². The van der Waals surface area contributed by atoms with Crippen molar-refractivity contribution in [2.24, 2.45) is 0 Å². The molecule has 0 bridgehead atoms. The van der Waals surface area contributed by atoms with Crippen molar-refractivity contribution >= 4 is 0 Å². The molecular formula is C6H6F5. The van der Waals surface area contributed by atoms with Gasteiger partial charge in [-0.3, -0.25) is 0 Å². The topological polar surface area (TPSA) is 0 Å². The molecular weight excluding hydrogens is 167 g/mol. The maximum absolute atomic E-state index is 12.1. The minimum absolute atomic E-state index is 0.494. The summed E-state index contributed by atoms with van der Waals surface area (Å²) in [7, 11) is 0. The summed E-state index contributed by atoms with van der Waals surface area (Å²) in [5.41, 5.74) is -1.09. The van der Waals surface area contributed by atoms with E-state index in [1.165, 1.54) is 0 Å². The first-order valence-corrected chi connectivity index (χ1v) is 2.64. The third-order valence-electron chi connectivity index (χ3n) is 1.16. The molecule has 0 aliphatic rings. The quantitative estimate of drug-likeness (QED) is 0.534. The van der Waals surface area contributed by atoms with E-state index in [1.807, 2.05) is 0 Å². The fourth-order valence-corrected chi connectivity index (χ4v) is 0.352. The van der Waals surface area contributed by atoms with Crippen molar-refractivity contribution in [2.45, 2.75) is 19.0 Å². The maximum atomic E-state index is 12.1. The summed E-state index contributed by atoms with van der Waals surface area (Å²) in [6.45, 7) is 3.50. The van der Waals surface area contributed by atoms with Crippen LogP contribution in [0.5, 0.6) is 0 Å². The van der Waals surface area contributed by atoms with Gasteiger partial charge in [-0.05, 0) is 13.8 Å². The van der Waals surface area contributed by atoms with E-state index in [0.29, 0.717) is 13.0 Å². The Hall–Kier alpha value is -0.610. The molecule has 0 nitrogen and oxygen atoms in total. The average molecular weight is 173 g/mol. The van der Waals surface area contributed by atoms with Crippen molar-refractivity contribution in [1.82, 2.24) is 0 Å². The molecule has 0 unspecified atom stereocenters. The minimum atomic E-state index is -5.52. The summed E-state index contributed by atoms with van der Waals surface area (Å²) < 4.78 is 58.5. The lowest BCUT2D eigenvalue weighted by Gasteiger charge is -2.19. The van der Waals surface area contributed by atoms with Gasteiger partial charge < -0.3 is 0 Å². The van der Waals surface area contributed by atoms with E-state index in [4.69, 9.17) is 0 Å². The zero-order valence-corrected chi connectivity index (χ0v) is 5.67. The number of hydrogen-bond donors (Lipinski definition) is 0. The molecule has 0 aromatic carbocycles. The van der Waals surface area contributed by atoms with Gasteiger partial charge in [0.2, 0.25) is 0 Å². The van der Waals surface area contributed by atoms with Crippen LogP contribution in [0.1, 0.15) is 6.92 Å². The molecule has 0 amide bonds. The molecule has 0 heterocycles. The normalized spacial score (nSPS) is 15.4. The van der Waals surface area contributed by atoms with Gasteiger partial charge in [0.1, 0.15) is 0 Å². The summed E-state index contributed by atoms with van der Waals surface area (Å²) in [5, 5.41) is 0. The van der Waals surface area contributed by atoms with Crippen LogP contribution < -0.4 is 0 Å². The molecule has 0 aliphatic heterocycles. The predicted molar refractivity (Wildman–Crippen MR) is 30.1 cm³/mol. The fourth-order valence-electron chi connectivity index (χ4n) is 0.352. The Balaban J connectivity index is 4.74. The lowest BCUT2D eigenvalue weighted by molar-refractivity contribution is -0.264. The average Bonchev–Trinajstić information content (AvgIpc) is 1.83. The number of allylic oxidation sites excluding steroid dienone is 2. The molecule has 0 aliphatic carbocycles. The highest BCUT2D eigenvalue weighted by Gasteiger charge is 2.58. The monoisotopic (exact) mass is 173 g/mol. The second-order valence-corrected chi connectivity index (χ2v) is 1.96. The number of alkyl halides is 5. The molecule has 0 saturated heterocycles. The molecule has 0 rings (SSSR count). The number of rotatable bonds is 1. The standard InChI is InChI=1S/C6H6F5/c1-3-4(2)5(7,8)6(9,10)11/h3H,1H2,2H3. The first-order chi connectivity index (χ1) is 4.73. The van der Waals surface area contributed by atoms with E-state index >= 15 is 0 Å². The van der Waals surface area contributed by atoms with Gasteiger partial charge in [-0.1, -0.05) is 6.08 Å². The molecule has 0 aromatic rings. The molecule has 1 radical (unpaired) electrons. The van der Waals surface area contributed by atoms with E-state index in [9.17, 15) is 22.0 Å². The van der Waals surface area contributed by atoms with Crippen molar-refractivity contribution in [2.75, 3.05) is 0 Å². The predicted octanol–water partition coefficient (Wildman–Crippen LogP) is 2.96. The van der Waals surface area contributed by atoms with Gasteiger partial charge in [0.15, 0.2) is 0 Å². The lowest BCUT2D eigenvalue weighted by atomic mass is 10.1. The number of hydrogen-bond acceptors (Lipinski definition) is 0. The Kier molecular flexibility index (Phi) is 2.64. The van der Waals surface area contributed by atoms with Crippen molar-refractivity contribution in [3.63, 3.8) is 0 Å². The van der Waals surface area contributed by atoms with Crippen LogP contribution in [0, 0.1) is 6.92 Å².